The first kappa shape index (κ1) is 31.2. The first-order chi connectivity index (χ1) is 19.0. The Morgan fingerprint density at radius 2 is 1.62 bits per heavy atom. The van der Waals surface area contributed by atoms with Crippen molar-refractivity contribution in [3.05, 3.63) is 77.7 Å². The molecule has 0 unspecified atom stereocenters. The number of ether oxygens (including phenoxy) is 3. The Balaban J connectivity index is 1.83. The summed E-state index contributed by atoms with van der Waals surface area (Å²) in [5, 5.41) is 0. The molecular weight excluding hydrogens is 532 g/mol. The van der Waals surface area contributed by atoms with Crippen LogP contribution in [0.3, 0.4) is 0 Å². The van der Waals surface area contributed by atoms with Crippen molar-refractivity contribution in [1.29, 1.82) is 0 Å². The summed E-state index contributed by atoms with van der Waals surface area (Å²) in [6.07, 6.45) is 2.06. The smallest absolute Gasteiger partial charge is 0.243 e. The van der Waals surface area contributed by atoms with Gasteiger partial charge in [0.1, 0.15) is 5.76 Å². The molecule has 1 heterocycles. The second-order valence-electron chi connectivity index (χ2n) is 10.4. The molecule has 0 atom stereocenters. The van der Waals surface area contributed by atoms with Crippen LogP contribution in [0.4, 0.5) is 0 Å². The van der Waals surface area contributed by atoms with Crippen LogP contribution in [-0.4, -0.2) is 71.1 Å². The minimum Gasteiger partial charge on any atom is -0.493 e. The van der Waals surface area contributed by atoms with Crippen LogP contribution in [0, 0.1) is 0 Å². The second kappa shape index (κ2) is 13.8. The fraction of sp³-hybridized carbons (Fsp3) is 0.433. The normalized spacial score (nSPS) is 12.0. The van der Waals surface area contributed by atoms with Crippen LogP contribution in [0.1, 0.15) is 37.7 Å². The zero-order chi connectivity index (χ0) is 29.3. The summed E-state index contributed by atoms with van der Waals surface area (Å²) in [4.78, 5) is 15.4. The van der Waals surface area contributed by atoms with Gasteiger partial charge in [-0.1, -0.05) is 39.0 Å². The highest BCUT2D eigenvalue weighted by Gasteiger charge is 2.29. The number of furan rings is 1. The van der Waals surface area contributed by atoms with Gasteiger partial charge < -0.3 is 23.5 Å². The lowest BCUT2D eigenvalue weighted by molar-refractivity contribution is -0.132. The maximum Gasteiger partial charge on any atom is 0.243 e. The van der Waals surface area contributed by atoms with E-state index < -0.39 is 10.0 Å². The number of hydrogen-bond acceptors (Lipinski definition) is 7. The largest absolute Gasteiger partial charge is 0.493 e. The monoisotopic (exact) mass is 572 g/mol. The van der Waals surface area contributed by atoms with Gasteiger partial charge in [-0.25, -0.2) is 8.42 Å². The Hall–Kier alpha value is -3.34. The topological polar surface area (TPSA) is 98.5 Å². The first-order valence-corrected chi connectivity index (χ1v) is 14.5. The molecule has 0 aliphatic rings. The molecule has 0 aliphatic heterocycles. The first-order valence-electron chi connectivity index (χ1n) is 13.1. The molecule has 3 rings (SSSR count). The molecule has 9 nitrogen and oxygen atoms in total. The number of carbonyl (C=O) groups is 1. The fourth-order valence-electron chi connectivity index (χ4n) is 4.19. The van der Waals surface area contributed by atoms with Crippen molar-refractivity contribution in [1.82, 2.24) is 9.21 Å². The standard InChI is InChI=1S/C30H40N2O7S/c1-30(2,3)24-10-12-26(13-11-24)40(34,35)32(17-19-36-4)22-29(33)31(21-25-8-7-18-39-25)16-15-23-9-14-27(37-5)28(20-23)38-6/h7-14,18,20H,15-17,19,21-22H2,1-6H3. The molecule has 0 saturated carbocycles. The molecule has 1 amide bonds. The third-order valence-corrected chi connectivity index (χ3v) is 8.47. The number of amides is 1. The van der Waals surface area contributed by atoms with E-state index in [4.69, 9.17) is 18.6 Å². The highest BCUT2D eigenvalue weighted by Crippen LogP contribution is 2.28. The van der Waals surface area contributed by atoms with Gasteiger partial charge in [-0.3, -0.25) is 4.79 Å². The Morgan fingerprint density at radius 1 is 0.925 bits per heavy atom. The highest BCUT2D eigenvalue weighted by atomic mass is 32.2. The van der Waals surface area contributed by atoms with E-state index in [1.807, 2.05) is 30.3 Å². The average molecular weight is 573 g/mol. The fourth-order valence-corrected chi connectivity index (χ4v) is 5.56. The summed E-state index contributed by atoms with van der Waals surface area (Å²) in [6.45, 7) is 6.59. The third kappa shape index (κ3) is 8.09. The molecule has 0 spiro atoms. The highest BCUT2D eigenvalue weighted by molar-refractivity contribution is 7.89. The van der Waals surface area contributed by atoms with Crippen LogP contribution in [0.2, 0.25) is 0 Å². The Kier molecular flexibility index (Phi) is 10.8. The van der Waals surface area contributed by atoms with Crippen LogP contribution >= 0.6 is 0 Å². The minimum atomic E-state index is -3.96. The minimum absolute atomic E-state index is 0.0376. The van der Waals surface area contributed by atoms with Crippen molar-refractivity contribution in [2.24, 2.45) is 0 Å². The summed E-state index contributed by atoms with van der Waals surface area (Å²) in [6, 6.07) is 16.0. The number of methoxy groups -OCH3 is 3. The quantitative estimate of drug-likeness (QED) is 0.280. The van der Waals surface area contributed by atoms with Crippen molar-refractivity contribution in [2.45, 2.75) is 44.0 Å². The number of sulfonamides is 1. The molecule has 0 bridgehead atoms. The average Bonchev–Trinajstić information content (AvgIpc) is 3.45. The van der Waals surface area contributed by atoms with E-state index in [9.17, 15) is 13.2 Å². The van der Waals surface area contributed by atoms with Gasteiger partial charge in [0.2, 0.25) is 15.9 Å². The summed E-state index contributed by atoms with van der Waals surface area (Å²) < 4.78 is 49.8. The van der Waals surface area contributed by atoms with E-state index in [1.54, 1.807) is 49.6 Å². The predicted molar refractivity (Wildman–Crippen MR) is 153 cm³/mol. The van der Waals surface area contributed by atoms with Gasteiger partial charge >= 0.3 is 0 Å². The summed E-state index contributed by atoms with van der Waals surface area (Å²) >= 11 is 0. The molecule has 2 aromatic carbocycles. The lowest BCUT2D eigenvalue weighted by atomic mass is 9.87. The van der Waals surface area contributed by atoms with Crippen LogP contribution < -0.4 is 9.47 Å². The van der Waals surface area contributed by atoms with Crippen molar-refractivity contribution >= 4 is 15.9 Å². The van der Waals surface area contributed by atoms with Crippen molar-refractivity contribution < 1.29 is 31.8 Å². The van der Waals surface area contributed by atoms with E-state index in [0.29, 0.717) is 30.2 Å². The molecule has 0 aliphatic carbocycles. The van der Waals surface area contributed by atoms with E-state index in [0.717, 1.165) is 11.1 Å². The maximum atomic E-state index is 13.6. The molecule has 0 saturated heterocycles. The molecule has 0 N–H and O–H groups in total. The molecule has 1 aromatic heterocycles. The van der Waals surface area contributed by atoms with Gasteiger partial charge in [-0.05, 0) is 59.4 Å². The molecule has 0 radical (unpaired) electrons. The van der Waals surface area contributed by atoms with Crippen LogP contribution in [-0.2, 0) is 37.9 Å². The second-order valence-corrected chi connectivity index (χ2v) is 12.4. The lowest BCUT2D eigenvalue weighted by Gasteiger charge is -2.27. The Morgan fingerprint density at radius 3 is 2.20 bits per heavy atom. The summed E-state index contributed by atoms with van der Waals surface area (Å²) in [7, 11) is 0.682. The Bertz CT molecular complexity index is 1330. The SMILES string of the molecule is COCCN(CC(=O)N(CCc1ccc(OC)c(OC)c1)Cc1ccco1)S(=O)(=O)c1ccc(C(C)(C)C)cc1. The molecule has 10 heteroatoms. The van der Waals surface area contributed by atoms with Gasteiger partial charge in [-0.15, -0.1) is 0 Å². The van der Waals surface area contributed by atoms with Crippen molar-refractivity contribution in [3.8, 4) is 11.5 Å². The van der Waals surface area contributed by atoms with Gasteiger partial charge in [0, 0.05) is 20.2 Å². The molecular formula is C30H40N2O7S. The van der Waals surface area contributed by atoms with Crippen molar-refractivity contribution in [3.63, 3.8) is 0 Å². The van der Waals surface area contributed by atoms with Gasteiger partial charge in [0.25, 0.3) is 0 Å². The van der Waals surface area contributed by atoms with Gasteiger partial charge in [-0.2, -0.15) is 4.31 Å². The third-order valence-electron chi connectivity index (χ3n) is 6.61. The molecule has 3 aromatic rings. The molecule has 0 fully saturated rings. The van der Waals surface area contributed by atoms with E-state index in [2.05, 4.69) is 20.8 Å². The zero-order valence-electron chi connectivity index (χ0n) is 24.2. The number of carbonyl (C=O) groups excluding carboxylic acids is 1. The van der Waals surface area contributed by atoms with Crippen molar-refractivity contribution in [2.75, 3.05) is 47.6 Å². The Labute approximate surface area is 237 Å². The molecule has 218 valence electrons. The van der Waals surface area contributed by atoms with E-state index in [-0.39, 0.29) is 42.5 Å². The number of hydrogen-bond donors (Lipinski definition) is 0. The summed E-state index contributed by atoms with van der Waals surface area (Å²) in [5.41, 5.74) is 1.84. The van der Waals surface area contributed by atoms with Gasteiger partial charge in [0.15, 0.2) is 11.5 Å². The van der Waals surface area contributed by atoms with E-state index in [1.165, 1.54) is 11.4 Å². The molecule has 40 heavy (non-hydrogen) atoms. The predicted octanol–water partition coefficient (Wildman–Crippen LogP) is 4.50. The zero-order valence-corrected chi connectivity index (χ0v) is 25.0. The van der Waals surface area contributed by atoms with E-state index >= 15 is 0 Å². The summed E-state index contributed by atoms with van der Waals surface area (Å²) in [5.74, 6) is 1.47. The van der Waals surface area contributed by atoms with Gasteiger partial charge in [0.05, 0.1) is 45.1 Å². The van der Waals surface area contributed by atoms with Crippen LogP contribution in [0.5, 0.6) is 11.5 Å². The number of benzene rings is 2. The van der Waals surface area contributed by atoms with Crippen LogP contribution in [0.25, 0.3) is 0 Å². The number of nitrogens with zero attached hydrogens (tertiary/aromatic N) is 2. The lowest BCUT2D eigenvalue weighted by Crippen LogP contribution is -2.44. The van der Waals surface area contributed by atoms with Crippen LogP contribution in [0.15, 0.2) is 70.2 Å². The number of rotatable bonds is 14. The maximum absolute atomic E-state index is 13.6.